The molecule has 0 atom stereocenters. The Kier molecular flexibility index (Phi) is 5.76. The summed E-state index contributed by atoms with van der Waals surface area (Å²) in [4.78, 5) is 19.2. The van der Waals surface area contributed by atoms with Crippen molar-refractivity contribution in [3.05, 3.63) is 88.1 Å². The monoisotopic (exact) mass is 427 g/mol. The van der Waals surface area contributed by atoms with Crippen molar-refractivity contribution in [1.82, 2.24) is 9.97 Å². The van der Waals surface area contributed by atoms with Crippen LogP contribution < -0.4 is 14.8 Å². The van der Waals surface area contributed by atoms with Gasteiger partial charge in [0.1, 0.15) is 17.3 Å². The first-order valence-corrected chi connectivity index (χ1v) is 9.56. The summed E-state index contributed by atoms with van der Waals surface area (Å²) in [5.74, 6) is 2.29. The quantitative estimate of drug-likeness (QED) is 0.329. The van der Waals surface area contributed by atoms with E-state index in [9.17, 15) is 15.4 Å². The highest BCUT2D eigenvalue weighted by Gasteiger charge is 2.12. The zero-order valence-electron chi connectivity index (χ0n) is 17.0. The summed E-state index contributed by atoms with van der Waals surface area (Å²) in [7, 11) is 1.60. The average Bonchev–Trinajstić information content (AvgIpc) is 2.82. The van der Waals surface area contributed by atoms with Gasteiger partial charge in [-0.1, -0.05) is 0 Å². The fraction of sp³-hybridized carbons (Fsp3) is 0.0870. The molecule has 0 fully saturated rings. The number of methoxy groups -OCH3 is 1. The van der Waals surface area contributed by atoms with E-state index in [1.807, 2.05) is 6.07 Å². The van der Waals surface area contributed by atoms with Crippen molar-refractivity contribution in [3.63, 3.8) is 0 Å². The van der Waals surface area contributed by atoms with Crippen LogP contribution in [-0.4, -0.2) is 22.0 Å². The van der Waals surface area contributed by atoms with Gasteiger partial charge in [-0.05, 0) is 48.0 Å². The van der Waals surface area contributed by atoms with Crippen LogP contribution in [0.4, 0.5) is 11.5 Å². The van der Waals surface area contributed by atoms with E-state index in [0.717, 1.165) is 11.3 Å². The summed E-state index contributed by atoms with van der Waals surface area (Å²) in [5, 5.41) is 24.1. The number of nitrogens with one attached hydrogen (secondary N) is 1. The van der Waals surface area contributed by atoms with Crippen molar-refractivity contribution >= 4 is 22.4 Å². The molecule has 2 aromatic heterocycles. The van der Waals surface area contributed by atoms with E-state index < -0.39 is 4.92 Å². The SMILES string of the molecule is COc1ccc(Oc2cc(CNc3cc(C#N)c4cc([N+](=O)[O-])ccc4n3)ccn2)cc1. The zero-order valence-corrected chi connectivity index (χ0v) is 17.0. The number of nitro benzene ring substituents is 1. The molecule has 2 heterocycles. The van der Waals surface area contributed by atoms with Gasteiger partial charge in [0.05, 0.1) is 29.2 Å². The number of benzene rings is 2. The molecule has 158 valence electrons. The predicted molar refractivity (Wildman–Crippen MR) is 118 cm³/mol. The largest absolute Gasteiger partial charge is 0.497 e. The lowest BCUT2D eigenvalue weighted by Gasteiger charge is -2.10. The Labute approximate surface area is 183 Å². The second kappa shape index (κ2) is 8.97. The predicted octanol–water partition coefficient (Wildman–Crippen LogP) is 4.82. The van der Waals surface area contributed by atoms with Crippen LogP contribution in [0, 0.1) is 21.4 Å². The summed E-state index contributed by atoms with van der Waals surface area (Å²) in [6.07, 6.45) is 1.64. The van der Waals surface area contributed by atoms with Crippen LogP contribution in [0.3, 0.4) is 0 Å². The van der Waals surface area contributed by atoms with E-state index in [2.05, 4.69) is 21.4 Å². The number of fused-ring (bicyclic) bond motifs is 1. The maximum atomic E-state index is 11.0. The number of nitrogens with zero attached hydrogens (tertiary/aromatic N) is 4. The minimum atomic E-state index is -0.498. The lowest BCUT2D eigenvalue weighted by Crippen LogP contribution is -2.03. The van der Waals surface area contributed by atoms with Crippen molar-refractivity contribution < 1.29 is 14.4 Å². The number of hydrogen-bond donors (Lipinski definition) is 1. The van der Waals surface area contributed by atoms with Crippen LogP contribution in [-0.2, 0) is 6.54 Å². The van der Waals surface area contributed by atoms with Crippen molar-refractivity contribution in [2.24, 2.45) is 0 Å². The molecule has 1 N–H and O–H groups in total. The van der Waals surface area contributed by atoms with Gasteiger partial charge in [-0.2, -0.15) is 5.26 Å². The number of pyridine rings is 2. The Morgan fingerprint density at radius 3 is 2.59 bits per heavy atom. The first kappa shape index (κ1) is 20.6. The average molecular weight is 427 g/mol. The number of aromatic nitrogens is 2. The molecule has 9 nitrogen and oxygen atoms in total. The van der Waals surface area contributed by atoms with Crippen molar-refractivity contribution in [2.45, 2.75) is 6.54 Å². The fourth-order valence-corrected chi connectivity index (χ4v) is 3.08. The van der Waals surface area contributed by atoms with Crippen molar-refractivity contribution in [2.75, 3.05) is 12.4 Å². The van der Waals surface area contributed by atoms with Gasteiger partial charge in [0.25, 0.3) is 5.69 Å². The molecule has 9 heteroatoms. The molecule has 0 aliphatic heterocycles. The molecule has 0 radical (unpaired) electrons. The van der Waals surface area contributed by atoms with Crippen LogP contribution in [0.1, 0.15) is 11.1 Å². The number of anilines is 1. The molecule has 0 aliphatic rings. The summed E-state index contributed by atoms with van der Waals surface area (Å²) in [6, 6.07) is 18.7. The number of rotatable bonds is 7. The van der Waals surface area contributed by atoms with E-state index in [0.29, 0.717) is 40.5 Å². The summed E-state index contributed by atoms with van der Waals surface area (Å²) in [5.41, 5.74) is 1.61. The van der Waals surface area contributed by atoms with Gasteiger partial charge in [0.15, 0.2) is 0 Å². The molecule has 0 saturated carbocycles. The summed E-state index contributed by atoms with van der Waals surface area (Å²) >= 11 is 0. The van der Waals surface area contributed by atoms with Gasteiger partial charge in [0, 0.05) is 36.3 Å². The third-order valence-corrected chi connectivity index (χ3v) is 4.68. The second-order valence-corrected chi connectivity index (χ2v) is 6.76. The maximum absolute atomic E-state index is 11.0. The lowest BCUT2D eigenvalue weighted by atomic mass is 10.1. The molecule has 4 rings (SSSR count). The second-order valence-electron chi connectivity index (χ2n) is 6.76. The molecule has 0 amide bonds. The Hall–Kier alpha value is -4.71. The molecule has 0 bridgehead atoms. The van der Waals surface area contributed by atoms with E-state index in [-0.39, 0.29) is 5.69 Å². The third kappa shape index (κ3) is 4.55. The summed E-state index contributed by atoms with van der Waals surface area (Å²) < 4.78 is 10.9. The lowest BCUT2D eigenvalue weighted by molar-refractivity contribution is -0.384. The van der Waals surface area contributed by atoms with E-state index >= 15 is 0 Å². The molecule has 4 aromatic rings. The standard InChI is InChI=1S/C23H17N5O4/c1-31-18-3-5-19(6-4-18)32-23-10-15(8-9-25-23)14-26-22-11-16(13-24)20-12-17(28(29)30)2-7-21(20)27-22/h2-12H,14H2,1H3,(H,26,27). The number of non-ortho nitro benzene ring substituents is 1. The molecule has 0 spiro atoms. The number of nitro groups is 1. The maximum Gasteiger partial charge on any atom is 0.270 e. The minimum Gasteiger partial charge on any atom is -0.497 e. The normalized spacial score (nSPS) is 10.4. The highest BCUT2D eigenvalue weighted by Crippen LogP contribution is 2.26. The van der Waals surface area contributed by atoms with Gasteiger partial charge in [-0.3, -0.25) is 10.1 Å². The zero-order chi connectivity index (χ0) is 22.5. The van der Waals surface area contributed by atoms with Crippen LogP contribution in [0.15, 0.2) is 66.9 Å². The van der Waals surface area contributed by atoms with E-state index in [4.69, 9.17) is 9.47 Å². The van der Waals surface area contributed by atoms with Gasteiger partial charge in [-0.25, -0.2) is 9.97 Å². The van der Waals surface area contributed by atoms with Gasteiger partial charge in [0.2, 0.25) is 5.88 Å². The number of ether oxygens (including phenoxy) is 2. The Morgan fingerprint density at radius 1 is 1.09 bits per heavy atom. The Bertz CT molecular complexity index is 1330. The molecule has 2 aromatic carbocycles. The van der Waals surface area contributed by atoms with Gasteiger partial charge < -0.3 is 14.8 Å². The molecular weight excluding hydrogens is 410 g/mol. The molecule has 0 unspecified atom stereocenters. The first-order chi connectivity index (χ1) is 15.6. The van der Waals surface area contributed by atoms with Crippen LogP contribution in [0.25, 0.3) is 10.9 Å². The Balaban J connectivity index is 1.50. The van der Waals surface area contributed by atoms with E-state index in [1.165, 1.54) is 18.2 Å². The van der Waals surface area contributed by atoms with E-state index in [1.54, 1.807) is 49.7 Å². The molecular formula is C23H17N5O4. The highest BCUT2D eigenvalue weighted by atomic mass is 16.6. The summed E-state index contributed by atoms with van der Waals surface area (Å²) in [6.45, 7) is 0.415. The van der Waals surface area contributed by atoms with Crippen LogP contribution >= 0.6 is 0 Å². The molecule has 0 aliphatic carbocycles. The topological polar surface area (TPSA) is 123 Å². The first-order valence-electron chi connectivity index (χ1n) is 9.56. The minimum absolute atomic E-state index is 0.0855. The van der Waals surface area contributed by atoms with Crippen LogP contribution in [0.2, 0.25) is 0 Å². The van der Waals surface area contributed by atoms with Crippen LogP contribution in [0.5, 0.6) is 17.4 Å². The number of nitriles is 1. The fourth-order valence-electron chi connectivity index (χ4n) is 3.08. The van der Waals surface area contributed by atoms with Crippen molar-refractivity contribution in [1.29, 1.82) is 5.26 Å². The smallest absolute Gasteiger partial charge is 0.270 e. The number of hydrogen-bond acceptors (Lipinski definition) is 8. The van der Waals surface area contributed by atoms with Gasteiger partial charge in [-0.15, -0.1) is 0 Å². The molecule has 0 saturated heterocycles. The Morgan fingerprint density at radius 2 is 1.88 bits per heavy atom. The highest BCUT2D eigenvalue weighted by molar-refractivity contribution is 5.88. The van der Waals surface area contributed by atoms with Gasteiger partial charge >= 0.3 is 0 Å². The van der Waals surface area contributed by atoms with Crippen molar-refractivity contribution in [3.8, 4) is 23.4 Å². The molecule has 32 heavy (non-hydrogen) atoms. The third-order valence-electron chi connectivity index (χ3n) is 4.68.